The summed E-state index contributed by atoms with van der Waals surface area (Å²) in [5.41, 5.74) is 1.32. The highest BCUT2D eigenvalue weighted by molar-refractivity contribution is 7.13. The average Bonchev–Trinajstić information content (AvgIpc) is 3.14. The number of thiazole rings is 1. The van der Waals surface area contributed by atoms with Crippen molar-refractivity contribution in [2.45, 2.75) is 13.0 Å². The number of anilines is 1. The highest BCUT2D eigenvalue weighted by atomic mass is 35.5. The number of rotatable bonds is 5. The Labute approximate surface area is 163 Å². The molecule has 1 atom stereocenters. The third kappa shape index (κ3) is 4.90. The summed E-state index contributed by atoms with van der Waals surface area (Å²) in [6.07, 6.45) is -1.01. The molecule has 138 valence electrons. The van der Waals surface area contributed by atoms with Crippen molar-refractivity contribution in [2.24, 2.45) is 0 Å². The van der Waals surface area contributed by atoms with E-state index in [-0.39, 0.29) is 11.5 Å². The van der Waals surface area contributed by atoms with Crippen molar-refractivity contribution in [1.29, 1.82) is 0 Å². The number of halogens is 2. The zero-order chi connectivity index (χ0) is 19.4. The molecule has 0 aliphatic carbocycles. The molecule has 0 spiro atoms. The number of carbonyl (C=O) groups is 2. The van der Waals surface area contributed by atoms with Crippen LogP contribution >= 0.6 is 22.9 Å². The van der Waals surface area contributed by atoms with Crippen LogP contribution in [0.1, 0.15) is 17.4 Å². The molecule has 0 saturated carbocycles. The molecule has 3 rings (SSSR count). The molecule has 5 nitrogen and oxygen atoms in total. The van der Waals surface area contributed by atoms with Crippen molar-refractivity contribution in [3.63, 3.8) is 0 Å². The smallest absolute Gasteiger partial charge is 0.358 e. The van der Waals surface area contributed by atoms with Gasteiger partial charge in [-0.1, -0.05) is 11.6 Å². The fourth-order valence-electron chi connectivity index (χ4n) is 2.14. The van der Waals surface area contributed by atoms with Gasteiger partial charge < -0.3 is 10.1 Å². The van der Waals surface area contributed by atoms with Gasteiger partial charge in [0.2, 0.25) is 0 Å². The minimum Gasteiger partial charge on any atom is -0.448 e. The first-order valence-electron chi connectivity index (χ1n) is 7.91. The second-order valence-corrected chi connectivity index (χ2v) is 6.88. The number of carbonyl (C=O) groups excluding carboxylic acids is 2. The topological polar surface area (TPSA) is 68.3 Å². The first-order chi connectivity index (χ1) is 12.9. The monoisotopic (exact) mass is 404 g/mol. The van der Waals surface area contributed by atoms with Crippen molar-refractivity contribution in [2.75, 3.05) is 5.32 Å². The third-order valence-electron chi connectivity index (χ3n) is 3.57. The highest BCUT2D eigenvalue weighted by Gasteiger charge is 2.21. The zero-order valence-corrected chi connectivity index (χ0v) is 15.7. The second kappa shape index (κ2) is 8.28. The van der Waals surface area contributed by atoms with Gasteiger partial charge in [0.15, 0.2) is 11.8 Å². The molecule has 1 amide bonds. The number of ether oxygens (including phenoxy) is 1. The average molecular weight is 405 g/mol. The predicted molar refractivity (Wildman–Crippen MR) is 102 cm³/mol. The van der Waals surface area contributed by atoms with E-state index in [1.54, 1.807) is 36.4 Å². The molecule has 1 aromatic heterocycles. The Kier molecular flexibility index (Phi) is 5.83. The van der Waals surface area contributed by atoms with Gasteiger partial charge in [0.25, 0.3) is 5.91 Å². The minimum atomic E-state index is -1.01. The Morgan fingerprint density at radius 1 is 1.15 bits per heavy atom. The number of nitrogens with one attached hydrogen (secondary N) is 1. The molecule has 0 aliphatic heterocycles. The standard InChI is InChI=1S/C19H14ClFN2O3S/c1-11(17(24)22-15-8-4-13(20)5-9-15)26-19(25)16-10-27-18(23-16)12-2-6-14(21)7-3-12/h2-11H,1H3,(H,22,24)/t11-/m1/s1. The van der Waals surface area contributed by atoms with E-state index in [1.807, 2.05) is 0 Å². The van der Waals surface area contributed by atoms with Gasteiger partial charge in [-0.2, -0.15) is 0 Å². The molecule has 0 bridgehead atoms. The lowest BCUT2D eigenvalue weighted by molar-refractivity contribution is -0.123. The van der Waals surface area contributed by atoms with Gasteiger partial charge in [-0.15, -0.1) is 11.3 Å². The molecular formula is C19H14ClFN2O3S. The van der Waals surface area contributed by atoms with E-state index in [1.165, 1.54) is 35.8 Å². The third-order valence-corrected chi connectivity index (χ3v) is 4.71. The largest absolute Gasteiger partial charge is 0.448 e. The lowest BCUT2D eigenvalue weighted by Gasteiger charge is -2.12. The summed E-state index contributed by atoms with van der Waals surface area (Å²) >= 11 is 7.02. The van der Waals surface area contributed by atoms with Crippen molar-refractivity contribution < 1.29 is 18.7 Å². The molecule has 0 unspecified atom stereocenters. The second-order valence-electron chi connectivity index (χ2n) is 5.59. The Morgan fingerprint density at radius 3 is 2.48 bits per heavy atom. The molecule has 0 fully saturated rings. The summed E-state index contributed by atoms with van der Waals surface area (Å²) < 4.78 is 18.2. The van der Waals surface area contributed by atoms with E-state index < -0.39 is 18.0 Å². The predicted octanol–water partition coefficient (Wildman–Crippen LogP) is 4.79. The fraction of sp³-hybridized carbons (Fsp3) is 0.105. The highest BCUT2D eigenvalue weighted by Crippen LogP contribution is 2.24. The van der Waals surface area contributed by atoms with Crippen molar-refractivity contribution in [3.8, 4) is 10.6 Å². The fourth-order valence-corrected chi connectivity index (χ4v) is 3.07. The molecule has 3 aromatic rings. The van der Waals surface area contributed by atoms with E-state index >= 15 is 0 Å². The molecule has 8 heteroatoms. The maximum absolute atomic E-state index is 13.0. The molecule has 0 radical (unpaired) electrons. The normalized spacial score (nSPS) is 11.7. The van der Waals surface area contributed by atoms with Crippen LogP contribution in [0.5, 0.6) is 0 Å². The van der Waals surface area contributed by atoms with Crippen molar-refractivity contribution >= 4 is 40.5 Å². The summed E-state index contributed by atoms with van der Waals surface area (Å²) in [6.45, 7) is 1.47. The van der Waals surface area contributed by atoms with Crippen LogP contribution in [0.3, 0.4) is 0 Å². The molecule has 27 heavy (non-hydrogen) atoms. The summed E-state index contributed by atoms with van der Waals surface area (Å²) in [5, 5.41) is 5.27. The summed E-state index contributed by atoms with van der Waals surface area (Å²) in [7, 11) is 0. The molecule has 1 heterocycles. The summed E-state index contributed by atoms with van der Waals surface area (Å²) in [5.74, 6) is -1.53. The number of esters is 1. The lowest BCUT2D eigenvalue weighted by atomic mass is 10.2. The number of aromatic nitrogens is 1. The van der Waals surface area contributed by atoms with Gasteiger partial charge in [-0.25, -0.2) is 14.2 Å². The van der Waals surface area contributed by atoms with Gasteiger partial charge >= 0.3 is 5.97 Å². The number of benzene rings is 2. The first-order valence-corrected chi connectivity index (χ1v) is 9.17. The maximum atomic E-state index is 13.0. The van der Waals surface area contributed by atoms with Crippen LogP contribution in [0, 0.1) is 5.82 Å². The summed E-state index contributed by atoms with van der Waals surface area (Å²) in [4.78, 5) is 28.6. The zero-order valence-electron chi connectivity index (χ0n) is 14.1. The Balaban J connectivity index is 1.61. The van der Waals surface area contributed by atoms with Gasteiger partial charge in [0.05, 0.1) is 0 Å². The van der Waals surface area contributed by atoms with Crippen LogP contribution < -0.4 is 5.32 Å². The van der Waals surface area contributed by atoms with Crippen molar-refractivity contribution in [1.82, 2.24) is 4.98 Å². The van der Waals surface area contributed by atoms with E-state index in [9.17, 15) is 14.0 Å². The first kappa shape index (κ1) is 19.0. The minimum absolute atomic E-state index is 0.0884. The lowest BCUT2D eigenvalue weighted by Crippen LogP contribution is -2.30. The van der Waals surface area contributed by atoms with Gasteiger partial charge in [-0.05, 0) is 55.5 Å². The number of hydrogen-bond acceptors (Lipinski definition) is 5. The number of nitrogens with zero attached hydrogens (tertiary/aromatic N) is 1. The number of hydrogen-bond donors (Lipinski definition) is 1. The molecule has 0 aliphatic rings. The quantitative estimate of drug-likeness (QED) is 0.621. The molecule has 2 aromatic carbocycles. The summed E-state index contributed by atoms with van der Waals surface area (Å²) in [6, 6.07) is 12.3. The van der Waals surface area contributed by atoms with Crippen LogP contribution in [0.25, 0.3) is 10.6 Å². The molecular weight excluding hydrogens is 391 g/mol. The number of amides is 1. The van der Waals surface area contributed by atoms with E-state index in [0.717, 1.165) is 0 Å². The van der Waals surface area contributed by atoms with Crippen LogP contribution in [0.15, 0.2) is 53.9 Å². The van der Waals surface area contributed by atoms with Gasteiger partial charge in [0, 0.05) is 21.7 Å². The molecule has 0 saturated heterocycles. The van der Waals surface area contributed by atoms with Crippen LogP contribution in [0.4, 0.5) is 10.1 Å². The Bertz CT molecular complexity index is 958. The van der Waals surface area contributed by atoms with Gasteiger partial charge in [0.1, 0.15) is 10.8 Å². The van der Waals surface area contributed by atoms with E-state index in [2.05, 4.69) is 10.3 Å². The van der Waals surface area contributed by atoms with Crippen LogP contribution in [0.2, 0.25) is 5.02 Å². The van der Waals surface area contributed by atoms with Crippen LogP contribution in [-0.2, 0) is 9.53 Å². The Morgan fingerprint density at radius 2 is 1.81 bits per heavy atom. The van der Waals surface area contributed by atoms with Gasteiger partial charge in [-0.3, -0.25) is 4.79 Å². The van der Waals surface area contributed by atoms with Crippen molar-refractivity contribution in [3.05, 3.63) is 70.4 Å². The van der Waals surface area contributed by atoms with E-state index in [0.29, 0.717) is 21.3 Å². The van der Waals surface area contributed by atoms with Crippen LogP contribution in [-0.4, -0.2) is 23.0 Å². The van der Waals surface area contributed by atoms with E-state index in [4.69, 9.17) is 16.3 Å². The Hall–Kier alpha value is -2.77. The SMILES string of the molecule is C[C@@H](OC(=O)c1csc(-c2ccc(F)cc2)n1)C(=O)Nc1ccc(Cl)cc1. The maximum Gasteiger partial charge on any atom is 0.358 e. The molecule has 1 N–H and O–H groups in total.